The normalized spacial score (nSPS) is 12.8. The van der Waals surface area contributed by atoms with Crippen molar-refractivity contribution in [3.63, 3.8) is 0 Å². The predicted molar refractivity (Wildman–Crippen MR) is 60.6 cm³/mol. The molecule has 0 aromatic rings. The van der Waals surface area contributed by atoms with Crippen LogP contribution in [0, 0.1) is 5.92 Å². The average molecular weight is 233 g/mol. The Morgan fingerprint density at radius 2 is 1.94 bits per heavy atom. The van der Waals surface area contributed by atoms with Crippen LogP contribution in [0.5, 0.6) is 0 Å². The predicted octanol–water partition coefficient (Wildman–Crippen LogP) is -0.00780. The van der Waals surface area contributed by atoms with E-state index in [2.05, 4.69) is 5.32 Å². The van der Waals surface area contributed by atoms with E-state index in [-0.39, 0.29) is 24.9 Å². The maximum Gasteiger partial charge on any atom is 0.220 e. The van der Waals surface area contributed by atoms with Crippen LogP contribution in [0.25, 0.3) is 0 Å². The van der Waals surface area contributed by atoms with Gasteiger partial charge in [-0.3, -0.25) is 4.79 Å². The monoisotopic (exact) mass is 233 g/mol. The molecule has 0 heterocycles. The van der Waals surface area contributed by atoms with Gasteiger partial charge < -0.3 is 20.6 Å². The number of hydrogen-bond acceptors (Lipinski definition) is 4. The third kappa shape index (κ3) is 9.89. The lowest BCUT2D eigenvalue weighted by molar-refractivity contribution is -0.122. The number of aliphatic hydroxyl groups is 3. The van der Waals surface area contributed by atoms with Crippen molar-refractivity contribution in [3.8, 4) is 0 Å². The van der Waals surface area contributed by atoms with Crippen LogP contribution in [0.3, 0.4) is 0 Å². The number of aliphatic hydroxyl groups excluding tert-OH is 2. The van der Waals surface area contributed by atoms with Crippen LogP contribution in [-0.4, -0.2) is 40.7 Å². The van der Waals surface area contributed by atoms with E-state index in [0.29, 0.717) is 13.0 Å². The third-order valence-corrected chi connectivity index (χ3v) is 2.30. The van der Waals surface area contributed by atoms with Crippen molar-refractivity contribution in [3.05, 3.63) is 0 Å². The van der Waals surface area contributed by atoms with Gasteiger partial charge in [0.05, 0.1) is 0 Å². The molecule has 0 aliphatic heterocycles. The molecule has 96 valence electrons. The number of unbranched alkanes of at least 4 members (excludes halogenated alkanes) is 2. The van der Waals surface area contributed by atoms with Crippen LogP contribution >= 0.6 is 0 Å². The Morgan fingerprint density at radius 3 is 2.50 bits per heavy atom. The second-order valence-electron chi connectivity index (χ2n) is 4.16. The first kappa shape index (κ1) is 15.3. The molecule has 16 heavy (non-hydrogen) atoms. The molecule has 5 nitrogen and oxygen atoms in total. The van der Waals surface area contributed by atoms with Gasteiger partial charge in [-0.2, -0.15) is 0 Å². The second kappa shape index (κ2) is 9.57. The summed E-state index contributed by atoms with van der Waals surface area (Å²) in [6, 6.07) is 0. The Kier molecular flexibility index (Phi) is 9.18. The van der Waals surface area contributed by atoms with Gasteiger partial charge in [0.15, 0.2) is 6.29 Å². The number of amides is 1. The van der Waals surface area contributed by atoms with E-state index in [0.717, 1.165) is 19.3 Å². The Hall–Kier alpha value is -0.650. The lowest BCUT2D eigenvalue weighted by Crippen LogP contribution is -2.27. The Labute approximate surface area is 96.5 Å². The quantitative estimate of drug-likeness (QED) is 0.333. The van der Waals surface area contributed by atoms with Crippen LogP contribution in [-0.2, 0) is 4.79 Å². The molecule has 0 aliphatic carbocycles. The maximum atomic E-state index is 11.3. The van der Waals surface area contributed by atoms with Crippen molar-refractivity contribution >= 4 is 5.91 Å². The molecule has 0 fully saturated rings. The molecule has 0 bridgehead atoms. The van der Waals surface area contributed by atoms with Crippen molar-refractivity contribution in [1.82, 2.24) is 5.32 Å². The lowest BCUT2D eigenvalue weighted by Gasteiger charge is -2.12. The molecular weight excluding hydrogens is 210 g/mol. The van der Waals surface area contributed by atoms with Gasteiger partial charge in [0.1, 0.15) is 0 Å². The molecule has 0 aromatic heterocycles. The van der Waals surface area contributed by atoms with Crippen molar-refractivity contribution in [1.29, 1.82) is 0 Å². The summed E-state index contributed by atoms with van der Waals surface area (Å²) in [5.41, 5.74) is 0. The van der Waals surface area contributed by atoms with Crippen molar-refractivity contribution < 1.29 is 20.1 Å². The maximum absolute atomic E-state index is 11.3. The van der Waals surface area contributed by atoms with E-state index < -0.39 is 6.29 Å². The standard InChI is InChI=1S/C11H23NO4/c1-9(8-11(15)16)7-10(14)12-5-3-2-4-6-13/h9,11,13,15-16H,2-8H2,1H3,(H,12,14). The van der Waals surface area contributed by atoms with E-state index in [1.807, 2.05) is 6.92 Å². The molecule has 1 amide bonds. The second-order valence-corrected chi connectivity index (χ2v) is 4.16. The van der Waals surface area contributed by atoms with E-state index in [1.54, 1.807) is 0 Å². The molecule has 1 unspecified atom stereocenters. The lowest BCUT2D eigenvalue weighted by atomic mass is 10.0. The van der Waals surface area contributed by atoms with Gasteiger partial charge in [0, 0.05) is 26.0 Å². The number of carbonyl (C=O) groups excluding carboxylic acids is 1. The molecule has 4 N–H and O–H groups in total. The van der Waals surface area contributed by atoms with Gasteiger partial charge >= 0.3 is 0 Å². The number of rotatable bonds is 9. The average Bonchev–Trinajstić information content (AvgIpc) is 2.15. The molecule has 1 atom stereocenters. The van der Waals surface area contributed by atoms with Gasteiger partial charge in [-0.1, -0.05) is 6.92 Å². The minimum atomic E-state index is -1.34. The highest BCUT2D eigenvalue weighted by atomic mass is 16.5. The molecule has 0 aliphatic rings. The Balaban J connectivity index is 3.43. The van der Waals surface area contributed by atoms with Gasteiger partial charge in [-0.15, -0.1) is 0 Å². The Bertz CT molecular complexity index is 185. The minimum absolute atomic E-state index is 0.0301. The van der Waals surface area contributed by atoms with Gasteiger partial charge in [-0.25, -0.2) is 0 Å². The molecule has 0 saturated carbocycles. The summed E-state index contributed by atoms with van der Waals surface area (Å²) in [5.74, 6) is -0.0883. The van der Waals surface area contributed by atoms with E-state index in [4.69, 9.17) is 15.3 Å². The summed E-state index contributed by atoms with van der Waals surface area (Å²) in [7, 11) is 0. The van der Waals surface area contributed by atoms with Crippen LogP contribution in [0.15, 0.2) is 0 Å². The summed E-state index contributed by atoms with van der Waals surface area (Å²) in [5, 5.41) is 28.7. The summed E-state index contributed by atoms with van der Waals surface area (Å²) < 4.78 is 0. The largest absolute Gasteiger partial charge is 0.396 e. The molecule has 5 heteroatoms. The molecule has 0 rings (SSSR count). The first-order valence-electron chi connectivity index (χ1n) is 5.80. The third-order valence-electron chi connectivity index (χ3n) is 2.30. The smallest absolute Gasteiger partial charge is 0.220 e. The zero-order chi connectivity index (χ0) is 12.4. The molecular formula is C11H23NO4. The molecule has 0 aromatic carbocycles. The molecule has 0 radical (unpaired) electrons. The fourth-order valence-corrected chi connectivity index (χ4v) is 1.47. The highest BCUT2D eigenvalue weighted by Crippen LogP contribution is 2.08. The zero-order valence-corrected chi connectivity index (χ0v) is 9.85. The van der Waals surface area contributed by atoms with Crippen LogP contribution < -0.4 is 5.32 Å². The van der Waals surface area contributed by atoms with E-state index in [1.165, 1.54) is 0 Å². The minimum Gasteiger partial charge on any atom is -0.396 e. The van der Waals surface area contributed by atoms with Gasteiger partial charge in [0.2, 0.25) is 5.91 Å². The fraction of sp³-hybridized carbons (Fsp3) is 0.909. The summed E-state index contributed by atoms with van der Waals surface area (Å²) >= 11 is 0. The molecule has 0 saturated heterocycles. The zero-order valence-electron chi connectivity index (χ0n) is 9.85. The fourth-order valence-electron chi connectivity index (χ4n) is 1.47. The van der Waals surface area contributed by atoms with E-state index >= 15 is 0 Å². The van der Waals surface area contributed by atoms with Crippen molar-refractivity contribution in [2.45, 2.75) is 45.3 Å². The summed E-state index contributed by atoms with van der Waals surface area (Å²) in [4.78, 5) is 11.3. The van der Waals surface area contributed by atoms with Crippen molar-refractivity contribution in [2.24, 2.45) is 5.92 Å². The van der Waals surface area contributed by atoms with Gasteiger partial charge in [-0.05, 0) is 25.2 Å². The van der Waals surface area contributed by atoms with E-state index in [9.17, 15) is 4.79 Å². The first-order chi connectivity index (χ1) is 7.56. The van der Waals surface area contributed by atoms with Crippen LogP contribution in [0.4, 0.5) is 0 Å². The summed E-state index contributed by atoms with van der Waals surface area (Å²) in [6.07, 6.45) is 1.73. The topological polar surface area (TPSA) is 89.8 Å². The number of carbonyl (C=O) groups is 1. The SMILES string of the molecule is CC(CC(=O)NCCCCCO)CC(O)O. The number of nitrogens with one attached hydrogen (secondary N) is 1. The van der Waals surface area contributed by atoms with Crippen molar-refractivity contribution in [2.75, 3.05) is 13.2 Å². The van der Waals surface area contributed by atoms with Crippen LogP contribution in [0.1, 0.15) is 39.0 Å². The molecule has 0 spiro atoms. The highest BCUT2D eigenvalue weighted by molar-refractivity contribution is 5.76. The first-order valence-corrected chi connectivity index (χ1v) is 5.80. The summed E-state index contributed by atoms with van der Waals surface area (Å²) in [6.45, 7) is 2.62. The Morgan fingerprint density at radius 1 is 1.25 bits per heavy atom. The number of hydrogen-bond donors (Lipinski definition) is 4. The highest BCUT2D eigenvalue weighted by Gasteiger charge is 2.11. The van der Waals surface area contributed by atoms with Crippen LogP contribution in [0.2, 0.25) is 0 Å². The van der Waals surface area contributed by atoms with Gasteiger partial charge in [0.25, 0.3) is 0 Å².